The molecule has 2 aliphatic rings. The molecule has 0 bridgehead atoms. The Balaban J connectivity index is 1.56. The Hall–Kier alpha value is -2.27. The van der Waals surface area contributed by atoms with Crippen LogP contribution in [0.1, 0.15) is 24.1 Å². The molecular weight excluding hydrogens is 297 g/mol. The SMILES string of the molecule is Bc1ccc(-n2nc3c(c2O)CN(CC2=CCCC=C2)CC3)cc1. The van der Waals surface area contributed by atoms with Crippen LogP contribution in [0, 0.1) is 0 Å². The van der Waals surface area contributed by atoms with Gasteiger partial charge in [-0.25, -0.2) is 4.68 Å². The van der Waals surface area contributed by atoms with Gasteiger partial charge in [0, 0.05) is 26.1 Å². The highest BCUT2D eigenvalue weighted by atomic mass is 16.3. The third-order valence-electron chi connectivity index (χ3n) is 4.84. The van der Waals surface area contributed by atoms with Gasteiger partial charge in [-0.3, -0.25) is 4.90 Å². The van der Waals surface area contributed by atoms with Crippen molar-refractivity contribution in [1.29, 1.82) is 0 Å². The van der Waals surface area contributed by atoms with E-state index in [0.29, 0.717) is 0 Å². The van der Waals surface area contributed by atoms with Gasteiger partial charge in [0.25, 0.3) is 0 Å². The van der Waals surface area contributed by atoms with Gasteiger partial charge in [0.1, 0.15) is 7.85 Å². The van der Waals surface area contributed by atoms with Crippen LogP contribution >= 0.6 is 0 Å². The first-order valence-corrected chi connectivity index (χ1v) is 8.65. The third-order valence-corrected chi connectivity index (χ3v) is 4.84. The van der Waals surface area contributed by atoms with Crippen molar-refractivity contribution >= 4 is 13.3 Å². The van der Waals surface area contributed by atoms with E-state index in [-0.39, 0.29) is 5.88 Å². The molecule has 0 unspecified atom stereocenters. The zero-order valence-electron chi connectivity index (χ0n) is 14.1. The van der Waals surface area contributed by atoms with E-state index in [0.717, 1.165) is 55.8 Å². The van der Waals surface area contributed by atoms with Crippen LogP contribution in [0.4, 0.5) is 0 Å². The summed E-state index contributed by atoms with van der Waals surface area (Å²) in [5.74, 6) is 0.284. The van der Waals surface area contributed by atoms with Crippen molar-refractivity contribution in [2.45, 2.75) is 25.8 Å². The minimum absolute atomic E-state index is 0.284. The number of hydrogen-bond donors (Lipinski definition) is 1. The molecule has 24 heavy (non-hydrogen) atoms. The number of aromatic nitrogens is 2. The van der Waals surface area contributed by atoms with Crippen LogP contribution in [0.25, 0.3) is 5.69 Å². The van der Waals surface area contributed by atoms with Crippen molar-refractivity contribution in [2.24, 2.45) is 0 Å². The highest BCUT2D eigenvalue weighted by Gasteiger charge is 2.25. The normalized spacial score (nSPS) is 17.6. The molecule has 1 N–H and O–H groups in total. The molecule has 0 fully saturated rings. The summed E-state index contributed by atoms with van der Waals surface area (Å²) >= 11 is 0. The molecule has 2 aromatic rings. The topological polar surface area (TPSA) is 41.3 Å². The second-order valence-corrected chi connectivity index (χ2v) is 6.72. The maximum atomic E-state index is 10.7. The number of nitrogens with zero attached hydrogens (tertiary/aromatic N) is 3. The van der Waals surface area contributed by atoms with E-state index >= 15 is 0 Å². The lowest BCUT2D eigenvalue weighted by Crippen LogP contribution is -2.31. The fourth-order valence-electron chi connectivity index (χ4n) is 3.46. The number of hydrogen-bond acceptors (Lipinski definition) is 3. The van der Waals surface area contributed by atoms with Crippen molar-refractivity contribution in [3.63, 3.8) is 0 Å². The van der Waals surface area contributed by atoms with Crippen LogP contribution in [0.3, 0.4) is 0 Å². The molecule has 0 saturated heterocycles. The quantitative estimate of drug-likeness (QED) is 0.871. The Morgan fingerprint density at radius 1 is 1.17 bits per heavy atom. The highest BCUT2D eigenvalue weighted by molar-refractivity contribution is 6.32. The van der Waals surface area contributed by atoms with Gasteiger partial charge in [0.15, 0.2) is 0 Å². The molecule has 1 aromatic heterocycles. The summed E-state index contributed by atoms with van der Waals surface area (Å²) in [4.78, 5) is 2.39. The van der Waals surface area contributed by atoms with Crippen molar-refractivity contribution in [3.8, 4) is 11.6 Å². The van der Waals surface area contributed by atoms with Gasteiger partial charge in [-0.1, -0.05) is 35.8 Å². The fourth-order valence-corrected chi connectivity index (χ4v) is 3.46. The molecular formula is C19H22BN3O. The molecule has 0 spiro atoms. The van der Waals surface area contributed by atoms with Crippen molar-refractivity contribution in [1.82, 2.24) is 14.7 Å². The first-order valence-electron chi connectivity index (χ1n) is 8.65. The lowest BCUT2D eigenvalue weighted by molar-refractivity contribution is 0.271. The smallest absolute Gasteiger partial charge is 0.219 e. The molecule has 0 atom stereocenters. The summed E-state index contributed by atoms with van der Waals surface area (Å²) in [5, 5.41) is 15.3. The summed E-state index contributed by atoms with van der Waals surface area (Å²) < 4.78 is 1.67. The summed E-state index contributed by atoms with van der Waals surface area (Å²) in [6.45, 7) is 2.70. The van der Waals surface area contributed by atoms with Gasteiger partial charge >= 0.3 is 0 Å². The van der Waals surface area contributed by atoms with Gasteiger partial charge in [0.2, 0.25) is 5.88 Å². The van der Waals surface area contributed by atoms with E-state index in [1.54, 1.807) is 4.68 Å². The molecule has 2 heterocycles. The van der Waals surface area contributed by atoms with Gasteiger partial charge in [-0.2, -0.15) is 5.10 Å². The molecule has 0 saturated carbocycles. The predicted octanol–water partition coefficient (Wildman–Crippen LogP) is 1.47. The zero-order valence-corrected chi connectivity index (χ0v) is 14.1. The van der Waals surface area contributed by atoms with Gasteiger partial charge in [-0.05, 0) is 30.5 Å². The van der Waals surface area contributed by atoms with E-state index in [2.05, 4.69) is 36.1 Å². The lowest BCUT2D eigenvalue weighted by atomic mass is 9.96. The first kappa shape index (κ1) is 15.3. The van der Waals surface area contributed by atoms with Crippen LogP contribution in [0.2, 0.25) is 0 Å². The molecule has 122 valence electrons. The maximum Gasteiger partial charge on any atom is 0.219 e. The van der Waals surface area contributed by atoms with Gasteiger partial charge < -0.3 is 5.11 Å². The van der Waals surface area contributed by atoms with Gasteiger partial charge in [0.05, 0.1) is 16.9 Å². The second kappa shape index (κ2) is 6.32. The standard InChI is InChI=1S/C19H22BN3O/c20-15-6-8-16(9-7-15)23-19(24)17-13-22(11-10-18(17)21-23)12-14-4-2-1-3-5-14/h2,4-9,24H,1,3,10-13,20H2. The average Bonchev–Trinajstić information content (AvgIpc) is 2.93. The zero-order chi connectivity index (χ0) is 16.5. The molecule has 5 heteroatoms. The summed E-state index contributed by atoms with van der Waals surface area (Å²) in [7, 11) is 2.06. The number of allylic oxidation sites excluding steroid dienone is 2. The molecule has 4 nitrogen and oxygen atoms in total. The fraction of sp³-hybridized carbons (Fsp3) is 0.316. The third kappa shape index (κ3) is 2.92. The number of benzene rings is 1. The Labute approximate surface area is 143 Å². The highest BCUT2D eigenvalue weighted by Crippen LogP contribution is 2.30. The Kier molecular flexibility index (Phi) is 4.02. The molecule has 0 radical (unpaired) electrons. The Morgan fingerprint density at radius 2 is 2.00 bits per heavy atom. The molecule has 1 aliphatic heterocycles. The summed E-state index contributed by atoms with van der Waals surface area (Å²) in [6.07, 6.45) is 9.98. The summed E-state index contributed by atoms with van der Waals surface area (Å²) in [6, 6.07) is 8.10. The van der Waals surface area contributed by atoms with Crippen LogP contribution in [-0.2, 0) is 13.0 Å². The van der Waals surface area contributed by atoms with E-state index < -0.39 is 0 Å². The minimum Gasteiger partial charge on any atom is -0.493 e. The van der Waals surface area contributed by atoms with E-state index in [1.807, 2.05) is 24.3 Å². The predicted molar refractivity (Wildman–Crippen MR) is 98.8 cm³/mol. The van der Waals surface area contributed by atoms with Crippen molar-refractivity contribution in [2.75, 3.05) is 13.1 Å². The maximum absolute atomic E-state index is 10.7. The van der Waals surface area contributed by atoms with Crippen LogP contribution in [-0.4, -0.2) is 40.7 Å². The largest absolute Gasteiger partial charge is 0.493 e. The lowest BCUT2D eigenvalue weighted by Gasteiger charge is -2.26. The number of rotatable bonds is 3. The van der Waals surface area contributed by atoms with Gasteiger partial charge in [-0.15, -0.1) is 0 Å². The van der Waals surface area contributed by atoms with Crippen LogP contribution in [0.15, 0.2) is 48.1 Å². The summed E-state index contributed by atoms with van der Waals surface area (Å²) in [5.41, 5.74) is 5.50. The average molecular weight is 319 g/mol. The molecule has 1 aromatic carbocycles. The first-order chi connectivity index (χ1) is 11.7. The number of aromatic hydroxyl groups is 1. The van der Waals surface area contributed by atoms with E-state index in [1.165, 1.54) is 11.0 Å². The monoisotopic (exact) mass is 319 g/mol. The van der Waals surface area contributed by atoms with Crippen LogP contribution < -0.4 is 5.46 Å². The molecule has 4 rings (SSSR count). The van der Waals surface area contributed by atoms with Crippen molar-refractivity contribution < 1.29 is 5.11 Å². The van der Waals surface area contributed by atoms with Crippen molar-refractivity contribution in [3.05, 3.63) is 59.3 Å². The van der Waals surface area contributed by atoms with Crippen LogP contribution in [0.5, 0.6) is 5.88 Å². The van der Waals surface area contributed by atoms with E-state index in [9.17, 15) is 5.11 Å². The van der Waals surface area contributed by atoms with E-state index in [4.69, 9.17) is 0 Å². The second-order valence-electron chi connectivity index (χ2n) is 6.72. The Bertz CT molecular complexity index is 805. The molecule has 1 aliphatic carbocycles. The molecule has 0 amide bonds. The minimum atomic E-state index is 0.284. The number of fused-ring (bicyclic) bond motifs is 1. The Morgan fingerprint density at radius 3 is 2.75 bits per heavy atom.